The number of allylic oxidation sites excluding steroid dienone is 2. The highest BCUT2D eigenvalue weighted by atomic mass is 32.1. The van der Waals surface area contributed by atoms with Crippen molar-refractivity contribution in [2.45, 2.75) is 59.5 Å². The molecule has 1 aromatic heterocycles. The SMILES string of the molecule is CCC/C=C(\CCC)c1nc(C)c(CCOCc2ccccc2)s1. The molecule has 24 heavy (non-hydrogen) atoms. The Bertz CT molecular complexity index is 631. The minimum atomic E-state index is 0.684. The van der Waals surface area contributed by atoms with E-state index in [1.54, 1.807) is 0 Å². The second kappa shape index (κ2) is 10.4. The maximum absolute atomic E-state index is 5.83. The lowest BCUT2D eigenvalue weighted by molar-refractivity contribution is 0.124. The molecule has 0 N–H and O–H groups in total. The topological polar surface area (TPSA) is 22.1 Å². The Morgan fingerprint density at radius 2 is 1.96 bits per heavy atom. The van der Waals surface area contributed by atoms with E-state index < -0.39 is 0 Å². The molecule has 1 heterocycles. The van der Waals surface area contributed by atoms with Crippen LogP contribution in [0.1, 0.15) is 60.7 Å². The number of ether oxygens (including phenoxy) is 1. The summed E-state index contributed by atoms with van der Waals surface area (Å²) in [5.41, 5.74) is 3.81. The highest BCUT2D eigenvalue weighted by molar-refractivity contribution is 7.12. The molecule has 0 bridgehead atoms. The Labute approximate surface area is 150 Å². The average molecular weight is 344 g/mol. The van der Waals surface area contributed by atoms with Crippen LogP contribution in [0.4, 0.5) is 0 Å². The molecule has 0 aliphatic rings. The van der Waals surface area contributed by atoms with E-state index in [0.29, 0.717) is 6.61 Å². The molecule has 1 aromatic carbocycles. The number of aryl methyl sites for hydroxylation is 1. The van der Waals surface area contributed by atoms with Crippen LogP contribution < -0.4 is 0 Å². The fourth-order valence-corrected chi connectivity index (χ4v) is 3.72. The van der Waals surface area contributed by atoms with Gasteiger partial charge in [-0.15, -0.1) is 11.3 Å². The lowest BCUT2D eigenvalue weighted by atomic mass is 10.1. The highest BCUT2D eigenvalue weighted by Crippen LogP contribution is 2.28. The van der Waals surface area contributed by atoms with Crippen molar-refractivity contribution in [3.05, 3.63) is 57.6 Å². The summed E-state index contributed by atoms with van der Waals surface area (Å²) in [6, 6.07) is 10.3. The average Bonchev–Trinajstić information content (AvgIpc) is 2.97. The van der Waals surface area contributed by atoms with E-state index in [1.807, 2.05) is 17.4 Å². The molecule has 0 saturated carbocycles. The normalized spacial score (nSPS) is 11.9. The van der Waals surface area contributed by atoms with E-state index in [2.05, 4.69) is 51.1 Å². The van der Waals surface area contributed by atoms with Crippen LogP contribution in [0.5, 0.6) is 0 Å². The van der Waals surface area contributed by atoms with Gasteiger partial charge in [-0.2, -0.15) is 0 Å². The Kier molecular flexibility index (Phi) is 8.20. The largest absolute Gasteiger partial charge is 0.376 e. The maximum atomic E-state index is 5.83. The monoisotopic (exact) mass is 343 g/mol. The summed E-state index contributed by atoms with van der Waals surface area (Å²) < 4.78 is 5.83. The fourth-order valence-electron chi connectivity index (χ4n) is 2.61. The zero-order valence-electron chi connectivity index (χ0n) is 15.2. The Morgan fingerprint density at radius 1 is 1.17 bits per heavy atom. The van der Waals surface area contributed by atoms with Gasteiger partial charge in [0.25, 0.3) is 0 Å². The third-order valence-electron chi connectivity index (χ3n) is 3.95. The lowest BCUT2D eigenvalue weighted by Crippen LogP contribution is -1.98. The van der Waals surface area contributed by atoms with Crippen molar-refractivity contribution < 1.29 is 4.74 Å². The van der Waals surface area contributed by atoms with Gasteiger partial charge in [0.2, 0.25) is 0 Å². The van der Waals surface area contributed by atoms with Crippen molar-refractivity contribution in [2.24, 2.45) is 0 Å². The van der Waals surface area contributed by atoms with Crippen molar-refractivity contribution >= 4 is 16.9 Å². The van der Waals surface area contributed by atoms with Gasteiger partial charge in [-0.05, 0) is 30.9 Å². The predicted octanol–water partition coefficient (Wildman–Crippen LogP) is 6.19. The van der Waals surface area contributed by atoms with Crippen LogP contribution in [-0.4, -0.2) is 11.6 Å². The molecule has 0 atom stereocenters. The number of benzene rings is 1. The summed E-state index contributed by atoms with van der Waals surface area (Å²) in [4.78, 5) is 6.17. The second-order valence-electron chi connectivity index (χ2n) is 6.08. The summed E-state index contributed by atoms with van der Waals surface area (Å²) in [5.74, 6) is 0. The van der Waals surface area contributed by atoms with Crippen molar-refractivity contribution in [3.63, 3.8) is 0 Å². The van der Waals surface area contributed by atoms with Crippen LogP contribution in [0.15, 0.2) is 36.4 Å². The number of thiazole rings is 1. The second-order valence-corrected chi connectivity index (χ2v) is 7.17. The molecular weight excluding hydrogens is 314 g/mol. The number of hydrogen-bond acceptors (Lipinski definition) is 3. The number of unbranched alkanes of at least 4 members (excludes halogenated alkanes) is 1. The van der Waals surface area contributed by atoms with Crippen molar-refractivity contribution in [1.29, 1.82) is 0 Å². The Hall–Kier alpha value is -1.45. The van der Waals surface area contributed by atoms with Gasteiger partial charge in [0, 0.05) is 11.3 Å². The molecule has 0 spiro atoms. The molecular formula is C21H29NOS. The first kappa shape index (κ1) is 18.9. The molecule has 3 heteroatoms. The molecule has 0 aliphatic heterocycles. The van der Waals surface area contributed by atoms with Crippen LogP contribution >= 0.6 is 11.3 Å². The summed E-state index contributed by atoms with van der Waals surface area (Å²) in [6.45, 7) is 8.01. The number of aromatic nitrogens is 1. The number of rotatable bonds is 10. The first-order valence-corrected chi connectivity index (χ1v) is 9.83. The van der Waals surface area contributed by atoms with Crippen molar-refractivity contribution in [3.8, 4) is 0 Å². The molecule has 2 aromatic rings. The van der Waals surface area contributed by atoms with Gasteiger partial charge in [-0.1, -0.05) is 63.1 Å². The van der Waals surface area contributed by atoms with Gasteiger partial charge in [-0.3, -0.25) is 0 Å². The van der Waals surface area contributed by atoms with Crippen molar-refractivity contribution in [1.82, 2.24) is 4.98 Å². The maximum Gasteiger partial charge on any atom is 0.119 e. The highest BCUT2D eigenvalue weighted by Gasteiger charge is 2.11. The molecule has 130 valence electrons. The number of hydrogen-bond donors (Lipinski definition) is 0. The Morgan fingerprint density at radius 3 is 2.67 bits per heavy atom. The predicted molar refractivity (Wildman–Crippen MR) is 104 cm³/mol. The van der Waals surface area contributed by atoms with Gasteiger partial charge < -0.3 is 4.74 Å². The summed E-state index contributed by atoms with van der Waals surface area (Å²) in [6.07, 6.45) is 7.95. The first-order chi connectivity index (χ1) is 11.7. The molecule has 0 saturated heterocycles. The molecule has 0 aliphatic carbocycles. The van der Waals surface area contributed by atoms with E-state index in [-0.39, 0.29) is 0 Å². The molecule has 0 unspecified atom stereocenters. The summed E-state index contributed by atoms with van der Waals surface area (Å²) in [7, 11) is 0. The van der Waals surface area contributed by atoms with Gasteiger partial charge in [0.05, 0.1) is 18.9 Å². The third kappa shape index (κ3) is 5.88. The van der Waals surface area contributed by atoms with Crippen LogP contribution in [0.3, 0.4) is 0 Å². The van der Waals surface area contributed by atoms with Gasteiger partial charge in [0.15, 0.2) is 0 Å². The lowest BCUT2D eigenvalue weighted by Gasteiger charge is -2.03. The van der Waals surface area contributed by atoms with Crippen LogP contribution in [0.2, 0.25) is 0 Å². The quantitative estimate of drug-likeness (QED) is 0.479. The van der Waals surface area contributed by atoms with Crippen molar-refractivity contribution in [2.75, 3.05) is 6.61 Å². The zero-order chi connectivity index (χ0) is 17.2. The minimum Gasteiger partial charge on any atom is -0.376 e. The standard InChI is InChI=1S/C21H29NOS/c1-4-6-13-19(10-5-2)21-22-17(3)20(24-21)14-15-23-16-18-11-8-7-9-12-18/h7-9,11-13H,4-6,10,14-16H2,1-3H3/b19-13+. The first-order valence-electron chi connectivity index (χ1n) is 9.02. The summed E-state index contributed by atoms with van der Waals surface area (Å²) in [5, 5.41) is 1.21. The molecule has 0 fully saturated rings. The van der Waals surface area contributed by atoms with E-state index in [1.165, 1.54) is 33.9 Å². The van der Waals surface area contributed by atoms with Gasteiger partial charge in [0.1, 0.15) is 5.01 Å². The smallest absolute Gasteiger partial charge is 0.119 e. The van der Waals surface area contributed by atoms with Crippen LogP contribution in [0.25, 0.3) is 5.57 Å². The molecule has 2 nitrogen and oxygen atoms in total. The van der Waals surface area contributed by atoms with E-state index in [9.17, 15) is 0 Å². The summed E-state index contributed by atoms with van der Waals surface area (Å²) >= 11 is 1.84. The van der Waals surface area contributed by atoms with Gasteiger partial charge >= 0.3 is 0 Å². The molecule has 2 rings (SSSR count). The third-order valence-corrected chi connectivity index (χ3v) is 5.24. The van der Waals surface area contributed by atoms with Crippen LogP contribution in [-0.2, 0) is 17.8 Å². The van der Waals surface area contributed by atoms with Gasteiger partial charge in [-0.25, -0.2) is 4.98 Å². The van der Waals surface area contributed by atoms with E-state index in [0.717, 1.165) is 31.6 Å². The van der Waals surface area contributed by atoms with E-state index >= 15 is 0 Å². The Balaban J connectivity index is 1.90. The molecule has 0 amide bonds. The zero-order valence-corrected chi connectivity index (χ0v) is 16.0. The fraction of sp³-hybridized carbons (Fsp3) is 0.476. The van der Waals surface area contributed by atoms with Crippen LogP contribution in [0, 0.1) is 6.92 Å². The molecule has 0 radical (unpaired) electrons. The minimum absolute atomic E-state index is 0.684. The number of nitrogens with zero attached hydrogens (tertiary/aromatic N) is 1. The van der Waals surface area contributed by atoms with E-state index in [4.69, 9.17) is 9.72 Å².